The van der Waals surface area contributed by atoms with Crippen molar-refractivity contribution in [3.8, 4) is 0 Å². The van der Waals surface area contributed by atoms with E-state index in [9.17, 15) is 18.0 Å². The first kappa shape index (κ1) is 16.5. The lowest BCUT2D eigenvalue weighted by Gasteiger charge is -2.44. The second kappa shape index (κ2) is 6.07. The Morgan fingerprint density at radius 1 is 1.27 bits per heavy atom. The first-order valence-electron chi connectivity index (χ1n) is 6.82. The fourth-order valence-corrected chi connectivity index (χ4v) is 2.67. The number of aromatic nitrogens is 2. The summed E-state index contributed by atoms with van der Waals surface area (Å²) in [5.74, 6) is -0.703. The quantitative estimate of drug-likeness (QED) is 0.913. The van der Waals surface area contributed by atoms with Gasteiger partial charge in [0.1, 0.15) is 0 Å². The van der Waals surface area contributed by atoms with Gasteiger partial charge in [0.15, 0.2) is 11.5 Å². The van der Waals surface area contributed by atoms with Crippen LogP contribution in [0.1, 0.15) is 24.3 Å². The van der Waals surface area contributed by atoms with Gasteiger partial charge < -0.3 is 10.0 Å². The number of alkyl halides is 3. The van der Waals surface area contributed by atoms with E-state index in [1.807, 2.05) is 4.90 Å². The number of hydrogen-bond acceptors (Lipinski definition) is 5. The van der Waals surface area contributed by atoms with Crippen molar-refractivity contribution >= 4 is 11.8 Å². The molecule has 0 bridgehead atoms. The number of anilines is 1. The molecule has 0 aliphatic carbocycles. The standard InChI is InChI=1S/C13H17F3N4O2/c1-8-5-19(6-9(2)20(8)7-13(14,15)16)11-4-3-10(12(21)22)17-18-11/h3-4,8-9H,5-7H2,1-2H3,(H,21,22)/t8-,9+. The summed E-state index contributed by atoms with van der Waals surface area (Å²) in [7, 11) is 0. The third kappa shape index (κ3) is 3.85. The molecule has 0 radical (unpaired) electrons. The minimum atomic E-state index is -4.23. The molecule has 2 atom stereocenters. The van der Waals surface area contributed by atoms with Crippen LogP contribution in [0.15, 0.2) is 12.1 Å². The molecule has 9 heteroatoms. The van der Waals surface area contributed by atoms with Gasteiger partial charge in [0.05, 0.1) is 6.54 Å². The molecule has 1 aliphatic rings. The summed E-state index contributed by atoms with van der Waals surface area (Å²) in [5.41, 5.74) is -0.166. The normalized spacial score (nSPS) is 23.6. The lowest BCUT2D eigenvalue weighted by Crippen LogP contribution is -2.59. The van der Waals surface area contributed by atoms with E-state index in [4.69, 9.17) is 5.11 Å². The maximum absolute atomic E-state index is 12.6. The summed E-state index contributed by atoms with van der Waals surface area (Å²) in [6.07, 6.45) is -4.23. The van der Waals surface area contributed by atoms with Crippen LogP contribution in [0, 0.1) is 0 Å². The fourth-order valence-electron chi connectivity index (χ4n) is 2.67. The molecule has 1 saturated heterocycles. The molecule has 2 rings (SSSR count). The predicted octanol–water partition coefficient (Wildman–Crippen LogP) is 1.64. The van der Waals surface area contributed by atoms with Gasteiger partial charge in [-0.2, -0.15) is 13.2 Å². The lowest BCUT2D eigenvalue weighted by atomic mass is 10.1. The number of halogens is 3. The molecule has 122 valence electrons. The third-order valence-corrected chi connectivity index (χ3v) is 3.66. The highest BCUT2D eigenvalue weighted by Crippen LogP contribution is 2.25. The van der Waals surface area contributed by atoms with Crippen molar-refractivity contribution in [2.24, 2.45) is 0 Å². The van der Waals surface area contributed by atoms with Crippen molar-refractivity contribution in [2.75, 3.05) is 24.5 Å². The van der Waals surface area contributed by atoms with Crippen LogP contribution in [-0.4, -0.2) is 64.1 Å². The Bertz CT molecular complexity index is 523. The van der Waals surface area contributed by atoms with Crippen LogP contribution in [0.4, 0.5) is 19.0 Å². The maximum atomic E-state index is 12.6. The largest absolute Gasteiger partial charge is 0.476 e. The Balaban J connectivity index is 2.08. The van der Waals surface area contributed by atoms with Gasteiger partial charge in [0, 0.05) is 25.2 Å². The minimum absolute atomic E-state index is 0.166. The number of aromatic carboxylic acids is 1. The molecular weight excluding hydrogens is 301 g/mol. The van der Waals surface area contributed by atoms with E-state index in [-0.39, 0.29) is 17.8 Å². The van der Waals surface area contributed by atoms with Gasteiger partial charge in [-0.25, -0.2) is 4.79 Å². The molecule has 1 aromatic rings. The smallest absolute Gasteiger partial charge is 0.401 e. The van der Waals surface area contributed by atoms with Crippen LogP contribution >= 0.6 is 0 Å². The first-order valence-corrected chi connectivity index (χ1v) is 6.82. The zero-order chi connectivity index (χ0) is 16.5. The van der Waals surface area contributed by atoms with Gasteiger partial charge in [-0.3, -0.25) is 4.90 Å². The van der Waals surface area contributed by atoms with Gasteiger partial charge in [0.2, 0.25) is 0 Å². The van der Waals surface area contributed by atoms with Crippen LogP contribution in [0.5, 0.6) is 0 Å². The second-order valence-electron chi connectivity index (χ2n) is 5.47. The summed E-state index contributed by atoms with van der Waals surface area (Å²) in [6.45, 7) is 3.27. The molecule has 2 heterocycles. The molecule has 0 spiro atoms. The number of rotatable bonds is 3. The first-order chi connectivity index (χ1) is 10.2. The van der Waals surface area contributed by atoms with Gasteiger partial charge in [-0.15, -0.1) is 10.2 Å². The maximum Gasteiger partial charge on any atom is 0.401 e. The highest BCUT2D eigenvalue weighted by Gasteiger charge is 2.38. The summed E-state index contributed by atoms with van der Waals surface area (Å²) in [6, 6.07) is 2.26. The molecule has 0 saturated carbocycles. The molecule has 0 unspecified atom stereocenters. The number of carbonyl (C=O) groups is 1. The van der Waals surface area contributed by atoms with Gasteiger partial charge in [-0.1, -0.05) is 0 Å². The summed E-state index contributed by atoms with van der Waals surface area (Å²) >= 11 is 0. The number of nitrogens with zero attached hydrogens (tertiary/aromatic N) is 4. The monoisotopic (exact) mass is 318 g/mol. The fraction of sp³-hybridized carbons (Fsp3) is 0.615. The highest BCUT2D eigenvalue weighted by molar-refractivity contribution is 5.85. The highest BCUT2D eigenvalue weighted by atomic mass is 19.4. The SMILES string of the molecule is C[C@@H]1CN(c2ccc(C(=O)O)nn2)C[C@H](C)N1CC(F)(F)F. The summed E-state index contributed by atoms with van der Waals surface area (Å²) < 4.78 is 37.8. The number of hydrogen-bond donors (Lipinski definition) is 1. The molecular formula is C13H17F3N4O2. The van der Waals surface area contributed by atoms with Crippen LogP contribution in [0.3, 0.4) is 0 Å². The van der Waals surface area contributed by atoms with E-state index >= 15 is 0 Å². The van der Waals surface area contributed by atoms with E-state index in [1.54, 1.807) is 13.8 Å². The molecule has 0 amide bonds. The Morgan fingerprint density at radius 2 is 1.86 bits per heavy atom. The van der Waals surface area contributed by atoms with Crippen LogP contribution in [0.2, 0.25) is 0 Å². The van der Waals surface area contributed by atoms with Gasteiger partial charge in [0.25, 0.3) is 0 Å². The zero-order valence-electron chi connectivity index (χ0n) is 12.2. The van der Waals surface area contributed by atoms with Gasteiger partial charge >= 0.3 is 12.1 Å². The predicted molar refractivity (Wildman–Crippen MR) is 72.9 cm³/mol. The average molecular weight is 318 g/mol. The van der Waals surface area contributed by atoms with Crippen LogP contribution in [0.25, 0.3) is 0 Å². The molecule has 1 N–H and O–H groups in total. The second-order valence-corrected chi connectivity index (χ2v) is 5.47. The molecule has 22 heavy (non-hydrogen) atoms. The summed E-state index contributed by atoms with van der Waals surface area (Å²) in [4.78, 5) is 14.0. The number of carboxylic acid groups (broad SMARTS) is 1. The topological polar surface area (TPSA) is 69.6 Å². The van der Waals surface area contributed by atoms with E-state index in [1.165, 1.54) is 17.0 Å². The number of carboxylic acids is 1. The molecule has 0 aromatic carbocycles. The van der Waals surface area contributed by atoms with Crippen molar-refractivity contribution in [3.05, 3.63) is 17.8 Å². The van der Waals surface area contributed by atoms with E-state index in [2.05, 4.69) is 10.2 Å². The van der Waals surface area contributed by atoms with E-state index in [0.29, 0.717) is 18.9 Å². The summed E-state index contributed by atoms with van der Waals surface area (Å²) in [5, 5.41) is 16.2. The zero-order valence-corrected chi connectivity index (χ0v) is 12.2. The number of piperazine rings is 1. The van der Waals surface area contributed by atoms with Crippen molar-refractivity contribution < 1.29 is 23.1 Å². The Morgan fingerprint density at radius 3 is 2.27 bits per heavy atom. The Kier molecular flexibility index (Phi) is 4.55. The average Bonchev–Trinajstić information content (AvgIpc) is 2.41. The van der Waals surface area contributed by atoms with Crippen molar-refractivity contribution in [1.82, 2.24) is 15.1 Å². The van der Waals surface area contributed by atoms with Crippen molar-refractivity contribution in [3.63, 3.8) is 0 Å². The Labute approximate surface area is 125 Å². The van der Waals surface area contributed by atoms with Crippen molar-refractivity contribution in [1.29, 1.82) is 0 Å². The van der Waals surface area contributed by atoms with Crippen LogP contribution < -0.4 is 4.90 Å². The van der Waals surface area contributed by atoms with Gasteiger partial charge in [-0.05, 0) is 26.0 Å². The lowest BCUT2D eigenvalue weighted by molar-refractivity contribution is -0.156. The van der Waals surface area contributed by atoms with E-state index < -0.39 is 18.7 Å². The molecule has 1 fully saturated rings. The Hall–Kier alpha value is -1.90. The van der Waals surface area contributed by atoms with E-state index in [0.717, 1.165) is 0 Å². The minimum Gasteiger partial charge on any atom is -0.476 e. The van der Waals surface area contributed by atoms with Crippen molar-refractivity contribution in [2.45, 2.75) is 32.1 Å². The van der Waals surface area contributed by atoms with Crippen LogP contribution in [-0.2, 0) is 0 Å². The molecule has 1 aromatic heterocycles. The molecule has 1 aliphatic heterocycles. The molecule has 6 nitrogen and oxygen atoms in total. The third-order valence-electron chi connectivity index (χ3n) is 3.66.